The van der Waals surface area contributed by atoms with Gasteiger partial charge in [-0.15, -0.1) is 0 Å². The molecule has 0 aliphatic heterocycles. The van der Waals surface area contributed by atoms with E-state index in [1.165, 1.54) is 0 Å². The van der Waals surface area contributed by atoms with E-state index < -0.39 is 0 Å². The average molecular weight is 122 g/mol. The molecule has 0 rings (SSSR count). The zero-order valence-electron chi connectivity index (χ0n) is 6.52. The van der Waals surface area contributed by atoms with Gasteiger partial charge in [0.1, 0.15) is 0 Å². The first kappa shape index (κ1) is 9.07. The quantitative estimate of drug-likeness (QED) is 0.402. The molecule has 0 radical (unpaired) electrons. The fourth-order valence-corrected chi connectivity index (χ4v) is 0.348. The van der Waals surface area contributed by atoms with Crippen LogP contribution >= 0.6 is 0 Å². The third-order valence-electron chi connectivity index (χ3n) is 0.888. The van der Waals surface area contributed by atoms with Crippen LogP contribution in [0.15, 0.2) is 0 Å². The summed E-state index contributed by atoms with van der Waals surface area (Å²) in [6.07, 6.45) is 0. The van der Waals surface area contributed by atoms with Crippen LogP contribution in [0.3, 0.4) is 0 Å². The summed E-state index contributed by atoms with van der Waals surface area (Å²) in [6.45, 7) is 5.95. The molecule has 2 nitrogen and oxygen atoms in total. The summed E-state index contributed by atoms with van der Waals surface area (Å²) in [6, 6.07) is 0. The Morgan fingerprint density at radius 1 is 1.67 bits per heavy atom. The van der Waals surface area contributed by atoms with Gasteiger partial charge in [-0.2, -0.15) is 0 Å². The molecule has 0 bridgehead atoms. The van der Waals surface area contributed by atoms with Crippen LogP contribution in [0.2, 0.25) is 4.09 Å². The monoisotopic (exact) mass is 122 g/mol. The molecule has 0 aromatic carbocycles. The van der Waals surface area contributed by atoms with E-state index in [1.54, 1.807) is 0 Å². The minimum atomic E-state index is -0.351. The molecule has 3 heteroatoms. The van der Waals surface area contributed by atoms with E-state index >= 15 is 0 Å². The average Bonchev–Trinajstić information content (AvgIpc) is 1.64. The van der Waals surface area contributed by atoms with Gasteiger partial charge in [0.25, 0.3) is 0 Å². The molecule has 0 atom stereocenters. The van der Waals surface area contributed by atoms with Crippen molar-refractivity contribution in [1.82, 2.24) is 0 Å². The molecule has 0 saturated heterocycles. The van der Waals surface area contributed by atoms with Crippen LogP contribution in [-0.4, -0.2) is 30.3 Å². The summed E-state index contributed by atoms with van der Waals surface area (Å²) in [5, 5.41) is 0. The first-order valence-corrected chi connectivity index (χ1v) is 3.15. The molecule has 0 heterocycles. The van der Waals surface area contributed by atoms with Crippen molar-refractivity contribution in [3.63, 3.8) is 0 Å². The van der Waals surface area contributed by atoms with Gasteiger partial charge in [-0.3, -0.25) is 0 Å². The van der Waals surface area contributed by atoms with Gasteiger partial charge >= 0.3 is 64.7 Å². The molecule has 0 unspecified atom stereocenters. The van der Waals surface area contributed by atoms with Gasteiger partial charge in [0.05, 0.1) is 0 Å². The van der Waals surface area contributed by atoms with Crippen LogP contribution < -0.4 is 0 Å². The Morgan fingerprint density at radius 2 is 2.11 bits per heavy atom. The maximum atomic E-state index is 10.8. The molecule has 0 aromatic rings. The van der Waals surface area contributed by atoms with E-state index in [0.29, 0.717) is 6.61 Å². The molecular formula is C6H11LiO2. The second kappa shape index (κ2) is 3.29. The summed E-state index contributed by atoms with van der Waals surface area (Å²) in [5.41, 5.74) is 0. The van der Waals surface area contributed by atoms with Crippen LogP contribution in [0, 0.1) is 0 Å². The van der Waals surface area contributed by atoms with E-state index in [9.17, 15) is 4.79 Å². The van der Waals surface area contributed by atoms with Crippen molar-refractivity contribution in [3.8, 4) is 0 Å². The van der Waals surface area contributed by atoms with Gasteiger partial charge in [0.2, 0.25) is 0 Å². The molecule has 0 amide bonds. The summed E-state index contributed by atoms with van der Waals surface area (Å²) in [7, 11) is 0. The number of hydrogen-bond acceptors (Lipinski definition) is 2. The van der Waals surface area contributed by atoms with Gasteiger partial charge in [0, 0.05) is 0 Å². The van der Waals surface area contributed by atoms with E-state index in [4.69, 9.17) is 4.74 Å². The van der Waals surface area contributed by atoms with Crippen LogP contribution in [0.25, 0.3) is 0 Å². The van der Waals surface area contributed by atoms with Crippen molar-refractivity contribution in [3.05, 3.63) is 0 Å². The van der Waals surface area contributed by atoms with Crippen LogP contribution in [0.5, 0.6) is 0 Å². The Kier molecular flexibility index (Phi) is 3.31. The van der Waals surface area contributed by atoms with Gasteiger partial charge in [-0.1, -0.05) is 0 Å². The van der Waals surface area contributed by atoms with Gasteiger partial charge in [-0.25, -0.2) is 0 Å². The van der Waals surface area contributed by atoms with E-state index in [1.807, 2.05) is 38.5 Å². The number of ether oxygens (including phenoxy) is 1. The zero-order chi connectivity index (χ0) is 7.49. The predicted molar refractivity (Wildman–Crippen MR) is 36.4 cm³/mol. The maximum absolute atomic E-state index is 10.8. The SMILES string of the molecule is [Li][C](C)(C)C(=O)OCC. The third-order valence-corrected chi connectivity index (χ3v) is 0.888. The fraction of sp³-hybridized carbons (Fsp3) is 0.833. The molecule has 0 fully saturated rings. The molecule has 0 aliphatic carbocycles. The molecule has 48 valence electrons. The second-order valence-electron chi connectivity index (χ2n) is 2.97. The predicted octanol–water partition coefficient (Wildman–Crippen LogP) is 0.916. The van der Waals surface area contributed by atoms with Gasteiger partial charge in [0.15, 0.2) is 0 Å². The zero-order valence-corrected chi connectivity index (χ0v) is 6.52. The number of carbonyl (C=O) groups is 1. The van der Waals surface area contributed by atoms with Crippen molar-refractivity contribution in [2.45, 2.75) is 24.9 Å². The summed E-state index contributed by atoms with van der Waals surface area (Å²) in [5.74, 6) is -0.134. The molecule has 0 saturated carbocycles. The van der Waals surface area contributed by atoms with Crippen molar-refractivity contribution in [2.75, 3.05) is 6.61 Å². The molecule has 0 aromatic heterocycles. The first-order chi connectivity index (χ1) is 3.98. The van der Waals surface area contributed by atoms with E-state index in [0.717, 1.165) is 0 Å². The van der Waals surface area contributed by atoms with Crippen LogP contribution in [0.1, 0.15) is 20.8 Å². The first-order valence-electron chi connectivity index (χ1n) is 3.15. The van der Waals surface area contributed by atoms with Crippen molar-refractivity contribution in [1.29, 1.82) is 0 Å². The molecular weight excluding hydrogens is 111 g/mol. The van der Waals surface area contributed by atoms with E-state index in [2.05, 4.69) is 0 Å². The Hall–Kier alpha value is 0.0674. The summed E-state index contributed by atoms with van der Waals surface area (Å²) in [4.78, 5) is 10.8. The Morgan fingerprint density at radius 3 is 2.22 bits per heavy atom. The van der Waals surface area contributed by atoms with Crippen LogP contribution in [-0.2, 0) is 9.53 Å². The Labute approximate surface area is 65.2 Å². The summed E-state index contributed by atoms with van der Waals surface area (Å²) < 4.78 is 4.42. The standard InChI is InChI=1S/C6H11O2.Li/c1-4-8-6(7)5(2)3;/h4H2,1-3H3;. The normalized spacial score (nSPS) is 11.2. The Bertz CT molecular complexity index is 104. The van der Waals surface area contributed by atoms with E-state index in [-0.39, 0.29) is 10.1 Å². The number of rotatable bonds is 2. The minimum absolute atomic E-state index is 0.134. The van der Waals surface area contributed by atoms with Gasteiger partial charge in [-0.05, 0) is 0 Å². The second-order valence-corrected chi connectivity index (χ2v) is 2.97. The molecule has 9 heavy (non-hydrogen) atoms. The third kappa shape index (κ3) is 3.61. The van der Waals surface area contributed by atoms with Crippen molar-refractivity contribution >= 4 is 23.7 Å². The topological polar surface area (TPSA) is 26.3 Å². The molecule has 0 aliphatic rings. The molecule has 0 spiro atoms. The van der Waals surface area contributed by atoms with Crippen molar-refractivity contribution < 1.29 is 9.53 Å². The van der Waals surface area contributed by atoms with Crippen LogP contribution in [0.4, 0.5) is 0 Å². The molecule has 0 N–H and O–H groups in total. The number of hydrogen-bond donors (Lipinski definition) is 0. The number of carbonyl (C=O) groups excluding carboxylic acids is 1. The fourth-order valence-electron chi connectivity index (χ4n) is 0.348. The van der Waals surface area contributed by atoms with Gasteiger partial charge < -0.3 is 0 Å². The number of esters is 1. The van der Waals surface area contributed by atoms with Crippen molar-refractivity contribution in [2.24, 2.45) is 0 Å². The Balaban J connectivity index is 3.74. The summed E-state index contributed by atoms with van der Waals surface area (Å²) >= 11 is 1.84.